The molecule has 1 aliphatic carbocycles. The van der Waals surface area contributed by atoms with Crippen LogP contribution in [0.3, 0.4) is 0 Å². The molecule has 2 aromatic rings. The molecule has 1 amide bonds. The molecule has 0 spiro atoms. The molecule has 1 aliphatic rings. The standard InChI is InChI=1S/C19H18ClNO4/c20-15-11-14(7-8-16(15)25-12-17(22)23)21-18(24)19(9-4-10-19)13-5-2-1-3-6-13/h1-3,5-8,11H,4,9-10,12H2,(H,21,24)(H,22,23). The van der Waals surface area contributed by atoms with Crippen LogP contribution in [-0.2, 0) is 15.0 Å². The normalized spacial score (nSPS) is 15.1. The van der Waals surface area contributed by atoms with Crippen molar-refractivity contribution in [3.8, 4) is 5.75 Å². The third-order valence-corrected chi connectivity index (χ3v) is 4.80. The highest BCUT2D eigenvalue weighted by atomic mass is 35.5. The molecule has 1 fully saturated rings. The second-order valence-electron chi connectivity index (χ2n) is 6.08. The van der Waals surface area contributed by atoms with Crippen molar-refractivity contribution < 1.29 is 19.4 Å². The quantitative estimate of drug-likeness (QED) is 0.821. The van der Waals surface area contributed by atoms with Gasteiger partial charge in [0.05, 0.1) is 10.4 Å². The average molecular weight is 360 g/mol. The molecule has 5 nitrogen and oxygen atoms in total. The van der Waals surface area contributed by atoms with Gasteiger partial charge >= 0.3 is 5.97 Å². The highest BCUT2D eigenvalue weighted by Crippen LogP contribution is 2.44. The maximum atomic E-state index is 12.9. The van der Waals surface area contributed by atoms with E-state index in [1.165, 1.54) is 0 Å². The van der Waals surface area contributed by atoms with Gasteiger partial charge in [-0.25, -0.2) is 4.79 Å². The minimum absolute atomic E-state index is 0.0554. The van der Waals surface area contributed by atoms with E-state index in [4.69, 9.17) is 21.4 Å². The molecular formula is C19H18ClNO4. The smallest absolute Gasteiger partial charge is 0.341 e. The summed E-state index contributed by atoms with van der Waals surface area (Å²) >= 11 is 6.11. The molecule has 2 N–H and O–H groups in total. The van der Waals surface area contributed by atoms with Crippen LogP contribution in [-0.4, -0.2) is 23.6 Å². The molecule has 0 saturated heterocycles. The van der Waals surface area contributed by atoms with Crippen molar-refractivity contribution in [1.82, 2.24) is 0 Å². The van der Waals surface area contributed by atoms with Crippen molar-refractivity contribution in [1.29, 1.82) is 0 Å². The lowest BCUT2D eigenvalue weighted by atomic mass is 9.64. The fraction of sp³-hybridized carbons (Fsp3) is 0.263. The fourth-order valence-electron chi connectivity index (χ4n) is 3.02. The molecule has 6 heteroatoms. The van der Waals surface area contributed by atoms with Gasteiger partial charge in [-0.05, 0) is 36.6 Å². The first kappa shape index (κ1) is 17.3. The van der Waals surface area contributed by atoms with Crippen LogP contribution < -0.4 is 10.1 Å². The van der Waals surface area contributed by atoms with Gasteiger partial charge < -0.3 is 15.2 Å². The van der Waals surface area contributed by atoms with E-state index < -0.39 is 18.0 Å². The maximum Gasteiger partial charge on any atom is 0.341 e. The van der Waals surface area contributed by atoms with E-state index in [0.717, 1.165) is 24.8 Å². The van der Waals surface area contributed by atoms with Crippen molar-refractivity contribution in [3.05, 3.63) is 59.1 Å². The second kappa shape index (κ2) is 7.15. The number of rotatable bonds is 6. The highest BCUT2D eigenvalue weighted by molar-refractivity contribution is 6.32. The van der Waals surface area contributed by atoms with Crippen LogP contribution >= 0.6 is 11.6 Å². The number of amides is 1. The van der Waals surface area contributed by atoms with Crippen LogP contribution in [0.5, 0.6) is 5.75 Å². The van der Waals surface area contributed by atoms with Crippen LogP contribution in [0, 0.1) is 0 Å². The van der Waals surface area contributed by atoms with Crippen molar-refractivity contribution >= 4 is 29.2 Å². The molecule has 25 heavy (non-hydrogen) atoms. The molecule has 0 radical (unpaired) electrons. The number of carbonyl (C=O) groups excluding carboxylic acids is 1. The van der Waals surface area contributed by atoms with Crippen molar-refractivity contribution in [2.24, 2.45) is 0 Å². The topological polar surface area (TPSA) is 75.6 Å². The van der Waals surface area contributed by atoms with Crippen LogP contribution in [0.25, 0.3) is 0 Å². The number of ether oxygens (including phenoxy) is 1. The van der Waals surface area contributed by atoms with Gasteiger partial charge in [0.2, 0.25) is 5.91 Å². The molecular weight excluding hydrogens is 342 g/mol. The Morgan fingerprint density at radius 1 is 1.16 bits per heavy atom. The lowest BCUT2D eigenvalue weighted by Crippen LogP contribution is -2.45. The molecule has 1 saturated carbocycles. The van der Waals surface area contributed by atoms with Crippen LogP contribution in [0.15, 0.2) is 48.5 Å². The summed E-state index contributed by atoms with van der Waals surface area (Å²) in [6.45, 7) is -0.470. The SMILES string of the molecule is O=C(O)COc1ccc(NC(=O)C2(c3ccccc3)CCC2)cc1Cl. The highest BCUT2D eigenvalue weighted by Gasteiger charge is 2.45. The maximum absolute atomic E-state index is 12.9. The predicted octanol–water partition coefficient (Wildman–Crippen LogP) is 3.86. The van der Waals surface area contributed by atoms with Crippen molar-refractivity contribution in [2.75, 3.05) is 11.9 Å². The van der Waals surface area contributed by atoms with Crippen molar-refractivity contribution in [3.63, 3.8) is 0 Å². The Hall–Kier alpha value is -2.53. The summed E-state index contributed by atoms with van der Waals surface area (Å²) in [5.74, 6) is -0.869. The van der Waals surface area contributed by atoms with Crippen LogP contribution in [0.1, 0.15) is 24.8 Å². The number of carboxylic acid groups (broad SMARTS) is 1. The number of carbonyl (C=O) groups is 2. The lowest BCUT2D eigenvalue weighted by Gasteiger charge is -2.40. The molecule has 3 rings (SSSR count). The van der Waals surface area contributed by atoms with E-state index in [9.17, 15) is 9.59 Å². The zero-order valence-corrected chi connectivity index (χ0v) is 14.3. The molecule has 0 unspecified atom stereocenters. The first-order chi connectivity index (χ1) is 12.0. The Balaban J connectivity index is 1.74. The average Bonchev–Trinajstić information content (AvgIpc) is 2.54. The van der Waals surface area contributed by atoms with Gasteiger partial charge in [-0.1, -0.05) is 48.4 Å². The van der Waals surface area contributed by atoms with Crippen LogP contribution in [0.4, 0.5) is 5.69 Å². The van der Waals surface area contributed by atoms with E-state index in [2.05, 4.69) is 5.32 Å². The zero-order valence-electron chi connectivity index (χ0n) is 13.5. The number of halogens is 1. The summed E-state index contributed by atoms with van der Waals surface area (Å²) in [5, 5.41) is 11.8. The molecule has 0 aromatic heterocycles. The van der Waals surface area contributed by atoms with Gasteiger partial charge in [0, 0.05) is 5.69 Å². The van der Waals surface area contributed by atoms with Crippen LogP contribution in [0.2, 0.25) is 5.02 Å². The number of aliphatic carboxylic acids is 1. The number of anilines is 1. The summed E-state index contributed by atoms with van der Waals surface area (Å²) in [4.78, 5) is 23.4. The molecule has 0 bridgehead atoms. The monoisotopic (exact) mass is 359 g/mol. The Bertz CT molecular complexity index is 787. The minimum atomic E-state index is -1.08. The molecule has 130 valence electrons. The van der Waals surface area contributed by atoms with Gasteiger partial charge in [-0.3, -0.25) is 4.79 Å². The first-order valence-corrected chi connectivity index (χ1v) is 8.40. The van der Waals surface area contributed by atoms with Crippen molar-refractivity contribution in [2.45, 2.75) is 24.7 Å². The van der Waals surface area contributed by atoms with E-state index in [-0.39, 0.29) is 16.7 Å². The number of hydrogen-bond acceptors (Lipinski definition) is 3. The summed E-state index contributed by atoms with van der Waals surface area (Å²) in [7, 11) is 0. The molecule has 0 aliphatic heterocycles. The second-order valence-corrected chi connectivity index (χ2v) is 6.49. The molecule has 0 atom stereocenters. The number of hydrogen-bond donors (Lipinski definition) is 2. The fourth-order valence-corrected chi connectivity index (χ4v) is 3.26. The third kappa shape index (κ3) is 3.61. The summed E-state index contributed by atoms with van der Waals surface area (Å²) < 4.78 is 5.08. The lowest BCUT2D eigenvalue weighted by molar-refractivity contribution is -0.139. The number of carboxylic acids is 1. The van der Waals surface area contributed by atoms with Gasteiger partial charge in [0.1, 0.15) is 5.75 Å². The number of nitrogens with one attached hydrogen (secondary N) is 1. The summed E-state index contributed by atoms with van der Waals surface area (Å²) in [5.41, 5.74) is 1.08. The van der Waals surface area contributed by atoms with E-state index in [1.807, 2.05) is 30.3 Å². The first-order valence-electron chi connectivity index (χ1n) is 8.02. The predicted molar refractivity (Wildman–Crippen MR) is 95.2 cm³/mol. The van der Waals surface area contributed by atoms with E-state index >= 15 is 0 Å². The third-order valence-electron chi connectivity index (χ3n) is 4.51. The minimum Gasteiger partial charge on any atom is -0.480 e. The Morgan fingerprint density at radius 2 is 1.88 bits per heavy atom. The van der Waals surface area contributed by atoms with Gasteiger partial charge in [-0.15, -0.1) is 0 Å². The molecule has 0 heterocycles. The van der Waals surface area contributed by atoms with Gasteiger partial charge in [0.15, 0.2) is 6.61 Å². The Labute approximate surface area is 150 Å². The zero-order chi connectivity index (χ0) is 17.9. The number of benzene rings is 2. The Kier molecular flexibility index (Phi) is 4.95. The van der Waals surface area contributed by atoms with E-state index in [0.29, 0.717) is 5.69 Å². The summed E-state index contributed by atoms with van der Waals surface area (Å²) in [6, 6.07) is 14.5. The van der Waals surface area contributed by atoms with E-state index in [1.54, 1.807) is 18.2 Å². The molecule has 2 aromatic carbocycles. The van der Waals surface area contributed by atoms with Gasteiger partial charge in [0.25, 0.3) is 0 Å². The largest absolute Gasteiger partial charge is 0.480 e. The van der Waals surface area contributed by atoms with Gasteiger partial charge in [-0.2, -0.15) is 0 Å². The Morgan fingerprint density at radius 3 is 2.44 bits per heavy atom. The summed E-state index contributed by atoms with van der Waals surface area (Å²) in [6.07, 6.45) is 2.65.